The van der Waals surface area contributed by atoms with Gasteiger partial charge in [-0.2, -0.15) is 11.8 Å². The Morgan fingerprint density at radius 1 is 1.00 bits per heavy atom. The van der Waals surface area contributed by atoms with Gasteiger partial charge in [-0.05, 0) is 49.3 Å². The van der Waals surface area contributed by atoms with Gasteiger partial charge in [0.1, 0.15) is 0 Å². The Labute approximate surface area is 94.4 Å². The number of thioether (sulfide) groups is 1. The minimum Gasteiger partial charge on any atom is -0.316 e. The molecule has 86 valence electrons. The molecular weight excluding hydrogens is 190 g/mol. The lowest BCUT2D eigenvalue weighted by molar-refractivity contribution is 0.353. The van der Waals surface area contributed by atoms with E-state index < -0.39 is 0 Å². The maximum Gasteiger partial charge on any atom is -0.00205 e. The maximum atomic E-state index is 3.54. The van der Waals surface area contributed by atoms with Crippen LogP contribution < -0.4 is 5.32 Å². The Morgan fingerprint density at radius 2 is 1.64 bits per heavy atom. The van der Waals surface area contributed by atoms with Gasteiger partial charge in [-0.25, -0.2) is 0 Å². The van der Waals surface area contributed by atoms with Gasteiger partial charge in [0.05, 0.1) is 0 Å². The predicted molar refractivity (Wildman–Crippen MR) is 69.0 cm³/mol. The van der Waals surface area contributed by atoms with E-state index in [0.717, 1.165) is 24.3 Å². The molecule has 0 aliphatic rings. The first-order valence-corrected chi connectivity index (χ1v) is 7.17. The van der Waals surface area contributed by atoms with Crippen LogP contribution in [0.5, 0.6) is 0 Å². The van der Waals surface area contributed by atoms with E-state index in [1.165, 1.54) is 18.7 Å². The van der Waals surface area contributed by atoms with Crippen molar-refractivity contribution in [1.29, 1.82) is 0 Å². The molecule has 0 aromatic heterocycles. The van der Waals surface area contributed by atoms with Crippen molar-refractivity contribution in [2.24, 2.45) is 17.8 Å². The van der Waals surface area contributed by atoms with Crippen LogP contribution in [0.4, 0.5) is 0 Å². The Hall–Kier alpha value is 0.310. The molecule has 0 rings (SSSR count). The van der Waals surface area contributed by atoms with E-state index in [0.29, 0.717) is 0 Å². The summed E-state index contributed by atoms with van der Waals surface area (Å²) < 4.78 is 0. The van der Waals surface area contributed by atoms with Crippen molar-refractivity contribution in [2.45, 2.75) is 34.1 Å². The van der Waals surface area contributed by atoms with Crippen LogP contribution in [0.2, 0.25) is 0 Å². The van der Waals surface area contributed by atoms with Gasteiger partial charge in [-0.15, -0.1) is 0 Å². The van der Waals surface area contributed by atoms with Crippen LogP contribution in [0, 0.1) is 17.8 Å². The van der Waals surface area contributed by atoms with Crippen molar-refractivity contribution in [2.75, 3.05) is 25.1 Å². The fourth-order valence-corrected chi connectivity index (χ4v) is 2.00. The zero-order valence-corrected chi connectivity index (χ0v) is 11.3. The molecule has 0 aromatic rings. The van der Waals surface area contributed by atoms with Gasteiger partial charge >= 0.3 is 0 Å². The molecule has 14 heavy (non-hydrogen) atoms. The van der Waals surface area contributed by atoms with Crippen LogP contribution in [0.1, 0.15) is 34.1 Å². The fraction of sp³-hybridized carbons (Fsp3) is 1.00. The fourth-order valence-electron chi connectivity index (χ4n) is 1.39. The third-order valence-electron chi connectivity index (χ3n) is 2.77. The molecule has 0 radical (unpaired) electrons. The summed E-state index contributed by atoms with van der Waals surface area (Å²) in [6, 6.07) is 0. The topological polar surface area (TPSA) is 12.0 Å². The van der Waals surface area contributed by atoms with Crippen LogP contribution in [0.3, 0.4) is 0 Å². The van der Waals surface area contributed by atoms with E-state index in [4.69, 9.17) is 0 Å². The van der Waals surface area contributed by atoms with Crippen molar-refractivity contribution in [1.82, 2.24) is 5.32 Å². The smallest absolute Gasteiger partial charge is 0.00205 e. The molecule has 0 aliphatic heterocycles. The molecule has 2 atom stereocenters. The number of nitrogens with one attached hydrogen (secondary N) is 1. The zero-order valence-electron chi connectivity index (χ0n) is 10.5. The second-order valence-corrected chi connectivity index (χ2v) is 5.77. The van der Waals surface area contributed by atoms with Gasteiger partial charge in [-0.1, -0.05) is 27.7 Å². The van der Waals surface area contributed by atoms with E-state index in [-0.39, 0.29) is 0 Å². The first-order chi connectivity index (χ1) is 6.57. The summed E-state index contributed by atoms with van der Waals surface area (Å²) in [5.41, 5.74) is 0. The summed E-state index contributed by atoms with van der Waals surface area (Å²) >= 11 is 1.96. The summed E-state index contributed by atoms with van der Waals surface area (Å²) in [4.78, 5) is 0. The molecule has 0 spiro atoms. The first kappa shape index (κ1) is 14.3. The zero-order chi connectivity index (χ0) is 11.0. The Bertz CT molecular complexity index is 125. The third-order valence-corrected chi connectivity index (χ3v) is 3.41. The maximum absolute atomic E-state index is 3.54. The second kappa shape index (κ2) is 8.60. The lowest BCUT2D eigenvalue weighted by Gasteiger charge is -2.20. The van der Waals surface area contributed by atoms with Crippen LogP contribution in [-0.4, -0.2) is 25.1 Å². The van der Waals surface area contributed by atoms with Crippen LogP contribution in [0.15, 0.2) is 0 Å². The predicted octanol–water partition coefficient (Wildman–Crippen LogP) is 3.26. The highest BCUT2D eigenvalue weighted by Crippen LogP contribution is 2.16. The monoisotopic (exact) mass is 217 g/mol. The second-order valence-electron chi connectivity index (χ2n) is 4.79. The summed E-state index contributed by atoms with van der Waals surface area (Å²) in [5.74, 6) is 3.72. The quantitative estimate of drug-likeness (QED) is 0.670. The number of rotatable bonds is 8. The van der Waals surface area contributed by atoms with Gasteiger partial charge in [0, 0.05) is 0 Å². The van der Waals surface area contributed by atoms with Gasteiger partial charge in [0.15, 0.2) is 0 Å². The Kier molecular flexibility index (Phi) is 8.80. The largest absolute Gasteiger partial charge is 0.316 e. The molecule has 0 heterocycles. The van der Waals surface area contributed by atoms with Gasteiger partial charge < -0.3 is 5.32 Å². The average molecular weight is 217 g/mol. The van der Waals surface area contributed by atoms with Crippen molar-refractivity contribution in [3.05, 3.63) is 0 Å². The molecule has 0 aliphatic carbocycles. The summed E-state index contributed by atoms with van der Waals surface area (Å²) in [7, 11) is 0. The third kappa shape index (κ3) is 7.69. The molecule has 0 fully saturated rings. The normalized spacial score (nSPS) is 15.9. The molecular formula is C12H27NS. The van der Waals surface area contributed by atoms with Crippen LogP contribution in [0.25, 0.3) is 0 Å². The lowest BCUT2D eigenvalue weighted by Crippen LogP contribution is -2.28. The van der Waals surface area contributed by atoms with Crippen molar-refractivity contribution >= 4 is 11.8 Å². The number of hydrogen-bond acceptors (Lipinski definition) is 2. The summed E-state index contributed by atoms with van der Waals surface area (Å²) in [5, 5.41) is 3.54. The summed E-state index contributed by atoms with van der Waals surface area (Å²) in [6.07, 6.45) is 3.54. The molecule has 0 aromatic carbocycles. The first-order valence-electron chi connectivity index (χ1n) is 5.77. The molecule has 0 saturated heterocycles. The van der Waals surface area contributed by atoms with Crippen LogP contribution in [-0.2, 0) is 0 Å². The minimum absolute atomic E-state index is 0.767. The van der Waals surface area contributed by atoms with Gasteiger partial charge in [0.25, 0.3) is 0 Å². The van der Waals surface area contributed by atoms with E-state index in [1.807, 2.05) is 11.8 Å². The molecule has 0 saturated carbocycles. The molecule has 2 unspecified atom stereocenters. The molecule has 2 heteroatoms. The molecule has 0 bridgehead atoms. The van der Waals surface area contributed by atoms with Crippen LogP contribution >= 0.6 is 11.8 Å². The SMILES string of the molecule is CSCCC(C)C(C)CNCC(C)C. The average Bonchev–Trinajstić information content (AvgIpc) is 2.13. The van der Waals surface area contributed by atoms with Gasteiger partial charge in [0.2, 0.25) is 0 Å². The van der Waals surface area contributed by atoms with E-state index in [1.54, 1.807) is 0 Å². The van der Waals surface area contributed by atoms with Crippen molar-refractivity contribution < 1.29 is 0 Å². The lowest BCUT2D eigenvalue weighted by atomic mass is 9.93. The van der Waals surface area contributed by atoms with E-state index in [9.17, 15) is 0 Å². The minimum atomic E-state index is 0.767. The van der Waals surface area contributed by atoms with E-state index >= 15 is 0 Å². The molecule has 0 amide bonds. The highest BCUT2D eigenvalue weighted by atomic mass is 32.2. The highest BCUT2D eigenvalue weighted by molar-refractivity contribution is 7.98. The van der Waals surface area contributed by atoms with E-state index in [2.05, 4.69) is 39.3 Å². The highest BCUT2D eigenvalue weighted by Gasteiger charge is 2.11. The van der Waals surface area contributed by atoms with Crippen molar-refractivity contribution in [3.8, 4) is 0 Å². The Balaban J connectivity index is 3.46. The summed E-state index contributed by atoms with van der Waals surface area (Å²) in [6.45, 7) is 11.6. The standard InChI is InChI=1S/C12H27NS/c1-10(2)8-13-9-12(4)11(3)6-7-14-5/h10-13H,6-9H2,1-5H3. The Morgan fingerprint density at radius 3 is 2.14 bits per heavy atom. The molecule has 1 N–H and O–H groups in total. The van der Waals surface area contributed by atoms with Gasteiger partial charge in [-0.3, -0.25) is 0 Å². The molecule has 1 nitrogen and oxygen atoms in total. The number of hydrogen-bond donors (Lipinski definition) is 1. The van der Waals surface area contributed by atoms with Crippen molar-refractivity contribution in [3.63, 3.8) is 0 Å².